The van der Waals surface area contributed by atoms with Crippen LogP contribution < -0.4 is 5.32 Å². The monoisotopic (exact) mass is 549 g/mol. The van der Waals surface area contributed by atoms with Crippen molar-refractivity contribution in [3.05, 3.63) is 63.4 Å². The van der Waals surface area contributed by atoms with E-state index in [-0.39, 0.29) is 16.3 Å². The van der Waals surface area contributed by atoms with Crippen molar-refractivity contribution in [3.8, 4) is 0 Å². The predicted molar refractivity (Wildman–Crippen MR) is 133 cm³/mol. The zero-order chi connectivity index (χ0) is 27.4. The van der Waals surface area contributed by atoms with Crippen molar-refractivity contribution < 1.29 is 32.3 Å². The van der Waals surface area contributed by atoms with E-state index in [2.05, 4.69) is 5.32 Å². The first-order valence-corrected chi connectivity index (χ1v) is 12.1. The van der Waals surface area contributed by atoms with Gasteiger partial charge in [-0.3, -0.25) is 9.59 Å². The van der Waals surface area contributed by atoms with E-state index in [1.54, 1.807) is 26.8 Å². The Balaban J connectivity index is 0.000000572. The van der Waals surface area contributed by atoms with Gasteiger partial charge >= 0.3 is 12.1 Å². The van der Waals surface area contributed by atoms with E-state index in [1.165, 1.54) is 30.3 Å². The number of hydrogen-bond donors (Lipinski definition) is 2. The highest BCUT2D eigenvalue weighted by Gasteiger charge is 2.45. The molecule has 1 aliphatic carbocycles. The van der Waals surface area contributed by atoms with Crippen LogP contribution in [0, 0.1) is 23.1 Å². The summed E-state index contributed by atoms with van der Waals surface area (Å²) in [5, 5.41) is 10.8. The molecule has 10 heteroatoms. The third-order valence-corrected chi connectivity index (χ3v) is 6.36. The van der Waals surface area contributed by atoms with Gasteiger partial charge in [-0.1, -0.05) is 48.3 Å². The van der Waals surface area contributed by atoms with Gasteiger partial charge in [-0.2, -0.15) is 13.2 Å². The third-order valence-electron chi connectivity index (χ3n) is 5.79. The van der Waals surface area contributed by atoms with Crippen molar-refractivity contribution >= 4 is 40.8 Å². The molecule has 0 radical (unpaired) electrons. The van der Waals surface area contributed by atoms with Crippen LogP contribution in [0.5, 0.6) is 0 Å². The molecule has 1 fully saturated rings. The predicted octanol–water partition coefficient (Wildman–Crippen LogP) is 8.12. The molecule has 2 aromatic carbocycles. The molecular weight excluding hydrogens is 521 g/mol. The fourth-order valence-corrected chi connectivity index (χ4v) is 3.55. The Morgan fingerprint density at radius 3 is 2.03 bits per heavy atom. The summed E-state index contributed by atoms with van der Waals surface area (Å²) >= 11 is 11.9. The highest BCUT2D eigenvalue weighted by atomic mass is 35.5. The van der Waals surface area contributed by atoms with E-state index in [4.69, 9.17) is 28.3 Å². The van der Waals surface area contributed by atoms with Crippen LogP contribution >= 0.6 is 23.2 Å². The second-order valence-electron chi connectivity index (χ2n) is 9.95. The highest BCUT2D eigenvalue weighted by Crippen LogP contribution is 2.40. The Morgan fingerprint density at radius 1 is 1.06 bits per heavy atom. The van der Waals surface area contributed by atoms with Gasteiger partial charge in [0, 0.05) is 5.02 Å². The van der Waals surface area contributed by atoms with Gasteiger partial charge in [0.25, 0.3) is 0 Å². The number of rotatable bonds is 6. The Hall–Kier alpha value is -2.32. The van der Waals surface area contributed by atoms with Crippen molar-refractivity contribution in [3.63, 3.8) is 0 Å². The normalized spacial score (nSPS) is 15.4. The minimum Gasteiger partial charge on any atom is -0.481 e. The maximum Gasteiger partial charge on any atom is 0.392 e. The van der Waals surface area contributed by atoms with Gasteiger partial charge in [0.05, 0.1) is 28.0 Å². The number of aliphatic carboxylic acids is 1. The number of carboxylic acids is 1. The first kappa shape index (κ1) is 29.9. The lowest BCUT2D eigenvalue weighted by Gasteiger charge is -2.26. The van der Waals surface area contributed by atoms with E-state index in [9.17, 15) is 27.2 Å². The summed E-state index contributed by atoms with van der Waals surface area (Å²) in [6.45, 7) is 5.90. The second-order valence-corrected chi connectivity index (χ2v) is 10.8. The molecule has 1 amide bonds. The van der Waals surface area contributed by atoms with Crippen LogP contribution in [-0.2, 0) is 16.0 Å². The van der Waals surface area contributed by atoms with E-state index in [1.807, 2.05) is 0 Å². The van der Waals surface area contributed by atoms with Crippen molar-refractivity contribution in [1.82, 2.24) is 0 Å². The molecule has 0 unspecified atom stereocenters. The highest BCUT2D eigenvalue weighted by molar-refractivity contribution is 6.33. The molecule has 198 valence electrons. The number of amides is 1. The van der Waals surface area contributed by atoms with Crippen molar-refractivity contribution in [2.75, 3.05) is 5.32 Å². The van der Waals surface area contributed by atoms with Crippen LogP contribution in [0.1, 0.15) is 57.6 Å². The average molecular weight is 550 g/mol. The fourth-order valence-electron chi connectivity index (χ4n) is 3.23. The largest absolute Gasteiger partial charge is 0.481 e. The summed E-state index contributed by atoms with van der Waals surface area (Å²) in [5.74, 6) is -5.64. The lowest BCUT2D eigenvalue weighted by Crippen LogP contribution is -2.34. The molecule has 0 heterocycles. The van der Waals surface area contributed by atoms with Gasteiger partial charge < -0.3 is 10.4 Å². The van der Waals surface area contributed by atoms with Gasteiger partial charge in [-0.15, -0.1) is 0 Å². The van der Waals surface area contributed by atoms with Crippen LogP contribution in [0.2, 0.25) is 10.0 Å². The average Bonchev–Trinajstić information content (AvgIpc) is 3.58. The number of alkyl halides is 3. The van der Waals surface area contributed by atoms with Crippen LogP contribution in [0.4, 0.5) is 23.2 Å². The lowest BCUT2D eigenvalue weighted by atomic mass is 9.85. The van der Waals surface area contributed by atoms with Crippen molar-refractivity contribution in [2.45, 2.75) is 59.1 Å². The number of carboxylic acid groups (broad SMARTS) is 1. The van der Waals surface area contributed by atoms with Crippen LogP contribution in [0.15, 0.2) is 36.4 Å². The van der Waals surface area contributed by atoms with Crippen LogP contribution in [-0.4, -0.2) is 23.2 Å². The van der Waals surface area contributed by atoms with Gasteiger partial charge in [0.1, 0.15) is 0 Å². The number of benzene rings is 2. The molecule has 4 nitrogen and oxygen atoms in total. The maximum atomic E-state index is 14.9. The summed E-state index contributed by atoms with van der Waals surface area (Å²) in [5.41, 5.74) is -0.357. The smallest absolute Gasteiger partial charge is 0.392 e. The van der Waals surface area contributed by atoms with E-state index in [0.717, 1.165) is 19.8 Å². The minimum atomic E-state index is -4.63. The number of carbonyl (C=O) groups excluding carboxylic acids is 1. The Kier molecular flexibility index (Phi) is 9.82. The number of nitrogens with one attached hydrogen (secondary N) is 1. The molecule has 2 N–H and O–H groups in total. The van der Waals surface area contributed by atoms with Gasteiger partial charge in [-0.05, 0) is 75.3 Å². The quantitative estimate of drug-likeness (QED) is 0.357. The summed E-state index contributed by atoms with van der Waals surface area (Å²) in [6, 6.07) is 8.52. The molecule has 0 saturated heterocycles. The summed E-state index contributed by atoms with van der Waals surface area (Å²) in [6.07, 6.45) is -2.11. The first-order chi connectivity index (χ1) is 16.5. The zero-order valence-electron chi connectivity index (χ0n) is 20.3. The molecule has 1 aliphatic rings. The molecule has 2 aromatic rings. The fraction of sp³-hybridized carbons (Fsp3) is 0.462. The number of hydrogen-bond acceptors (Lipinski definition) is 2. The van der Waals surface area contributed by atoms with Crippen molar-refractivity contribution in [1.29, 1.82) is 0 Å². The minimum absolute atomic E-state index is 0.0649. The summed E-state index contributed by atoms with van der Waals surface area (Å²) in [7, 11) is 0. The lowest BCUT2D eigenvalue weighted by molar-refractivity contribution is -0.178. The maximum absolute atomic E-state index is 14.9. The topological polar surface area (TPSA) is 66.4 Å². The number of carbonyl (C=O) groups is 2. The molecule has 2 atom stereocenters. The third kappa shape index (κ3) is 8.37. The molecule has 3 rings (SSSR count). The number of anilines is 1. The van der Waals surface area contributed by atoms with Gasteiger partial charge in [0.2, 0.25) is 5.91 Å². The van der Waals surface area contributed by atoms with Gasteiger partial charge in [0.15, 0.2) is 5.82 Å². The van der Waals surface area contributed by atoms with E-state index in [0.29, 0.717) is 22.9 Å². The zero-order valence-corrected chi connectivity index (χ0v) is 21.9. The molecule has 36 heavy (non-hydrogen) atoms. The Labute approximate surface area is 218 Å². The number of halogens is 6. The molecule has 0 spiro atoms. The Bertz CT molecular complexity index is 1080. The molecule has 0 bridgehead atoms. The molecular formula is C26H29Cl2F4NO3. The summed E-state index contributed by atoms with van der Waals surface area (Å²) < 4.78 is 55.2. The van der Waals surface area contributed by atoms with Crippen LogP contribution in [0.3, 0.4) is 0 Å². The SMILES string of the molecule is CC(C)(C)C(=O)O.C[C@H]([C@H](C(=O)Nc1c(Cl)ccc(CC2CC2)c1F)c1ccc(Cl)cc1)C(F)(F)F. The van der Waals surface area contributed by atoms with Crippen molar-refractivity contribution in [2.24, 2.45) is 17.3 Å². The standard InChI is InChI=1S/C21H19Cl2F4NO.C5H10O2/c1-11(21(25,26)27)17(13-4-7-15(22)8-5-13)20(29)28-19-16(23)9-6-14(18(19)24)10-12-2-3-12;1-5(2,3)4(6)7/h4-9,11-12,17H,2-3,10H2,1H3,(H,28,29);1-3H3,(H,6,7)/t11-,17+;/m1./s1. The van der Waals surface area contributed by atoms with E-state index >= 15 is 0 Å². The van der Waals surface area contributed by atoms with Crippen LogP contribution in [0.25, 0.3) is 0 Å². The first-order valence-electron chi connectivity index (χ1n) is 11.4. The Morgan fingerprint density at radius 2 is 1.58 bits per heavy atom. The van der Waals surface area contributed by atoms with E-state index < -0.39 is 41.1 Å². The molecule has 0 aliphatic heterocycles. The molecule has 1 saturated carbocycles. The van der Waals surface area contributed by atoms with Gasteiger partial charge in [-0.25, -0.2) is 4.39 Å². The second kappa shape index (κ2) is 11.8. The molecule has 0 aromatic heterocycles. The summed E-state index contributed by atoms with van der Waals surface area (Å²) in [4.78, 5) is 22.9.